The quantitative estimate of drug-likeness (QED) is 0.412. The maximum Gasteiger partial charge on any atom is 0.388 e. The maximum absolute atomic E-state index is 13.7. The molecule has 0 spiro atoms. The third-order valence-electron chi connectivity index (χ3n) is 5.29. The van der Waals surface area contributed by atoms with Gasteiger partial charge in [0, 0.05) is 42.0 Å². The highest BCUT2D eigenvalue weighted by molar-refractivity contribution is 6.10. The molecule has 5 rings (SSSR count). The van der Waals surface area contributed by atoms with Crippen molar-refractivity contribution < 1.29 is 23.0 Å². The van der Waals surface area contributed by atoms with E-state index in [2.05, 4.69) is 19.8 Å². The molecule has 1 aliphatic heterocycles. The van der Waals surface area contributed by atoms with Gasteiger partial charge in [-0.3, -0.25) is 9.58 Å². The number of nitrogens with zero attached hydrogens (tertiary/aromatic N) is 6. The van der Waals surface area contributed by atoms with Gasteiger partial charge in [0.1, 0.15) is 5.82 Å². The Hall–Kier alpha value is -4.28. The molecule has 174 valence electrons. The molecule has 0 fully saturated rings. The van der Waals surface area contributed by atoms with Crippen molar-refractivity contribution in [2.75, 3.05) is 16.4 Å². The van der Waals surface area contributed by atoms with Crippen LogP contribution >= 0.6 is 0 Å². The molecule has 0 radical (unpaired) electrons. The highest BCUT2D eigenvalue weighted by Crippen LogP contribution is 2.37. The van der Waals surface area contributed by atoms with E-state index in [0.717, 1.165) is 16.5 Å². The standard InChI is InChI=1S/C23H20F2N6O3/c1-3-33-20-8-4-14-13-30(16-5-7-18-15(10-16)12-29(2)28-18)23(32)31(21(14)27-20)17-6-9-19(26-11-17)34-22(24)25/h4-12,22H,3,13H2,1-2H3. The van der Waals surface area contributed by atoms with Crippen molar-refractivity contribution in [2.24, 2.45) is 7.05 Å². The SMILES string of the molecule is CCOc1ccc2c(n1)N(c1ccc(OC(F)F)nc1)C(=O)N(c1ccc3nn(C)cc3c1)C2. The van der Waals surface area contributed by atoms with Crippen molar-refractivity contribution in [1.29, 1.82) is 0 Å². The minimum atomic E-state index is -3.00. The zero-order valence-corrected chi connectivity index (χ0v) is 18.4. The van der Waals surface area contributed by atoms with Gasteiger partial charge in [0.25, 0.3) is 0 Å². The largest absolute Gasteiger partial charge is 0.478 e. The van der Waals surface area contributed by atoms with Gasteiger partial charge in [0.2, 0.25) is 11.8 Å². The molecule has 0 unspecified atom stereocenters. The number of halogens is 2. The van der Waals surface area contributed by atoms with Crippen molar-refractivity contribution in [3.63, 3.8) is 0 Å². The lowest BCUT2D eigenvalue weighted by molar-refractivity contribution is -0.0528. The fourth-order valence-corrected chi connectivity index (χ4v) is 3.86. The number of hydrogen-bond donors (Lipinski definition) is 0. The molecule has 4 aromatic rings. The molecular weight excluding hydrogens is 446 g/mol. The van der Waals surface area contributed by atoms with E-state index in [1.807, 2.05) is 44.4 Å². The molecule has 1 aromatic carbocycles. The zero-order valence-electron chi connectivity index (χ0n) is 18.4. The van der Waals surface area contributed by atoms with Crippen LogP contribution in [0.4, 0.5) is 30.8 Å². The van der Waals surface area contributed by atoms with E-state index < -0.39 is 6.61 Å². The van der Waals surface area contributed by atoms with Crippen LogP contribution in [-0.2, 0) is 13.6 Å². The lowest BCUT2D eigenvalue weighted by Gasteiger charge is -2.36. The van der Waals surface area contributed by atoms with E-state index in [0.29, 0.717) is 29.7 Å². The number of rotatable bonds is 6. The number of fused-ring (bicyclic) bond motifs is 2. The average Bonchev–Trinajstić information content (AvgIpc) is 3.18. The summed E-state index contributed by atoms with van der Waals surface area (Å²) in [5.41, 5.74) is 2.62. The Morgan fingerprint density at radius 2 is 1.88 bits per heavy atom. The van der Waals surface area contributed by atoms with Crippen LogP contribution in [-0.4, -0.2) is 39.0 Å². The Balaban J connectivity index is 1.58. The molecule has 0 atom stereocenters. The summed E-state index contributed by atoms with van der Waals surface area (Å²) >= 11 is 0. The number of carbonyl (C=O) groups is 1. The van der Waals surface area contributed by atoms with Crippen LogP contribution in [0.5, 0.6) is 11.8 Å². The van der Waals surface area contributed by atoms with E-state index in [1.165, 1.54) is 23.2 Å². The minimum Gasteiger partial charge on any atom is -0.478 e. The monoisotopic (exact) mass is 466 g/mol. The van der Waals surface area contributed by atoms with Gasteiger partial charge in [0.15, 0.2) is 0 Å². The lowest BCUT2D eigenvalue weighted by atomic mass is 10.1. The molecule has 0 saturated carbocycles. The fraction of sp³-hybridized carbons (Fsp3) is 0.217. The van der Waals surface area contributed by atoms with Gasteiger partial charge in [0.05, 0.1) is 30.6 Å². The number of alkyl halides is 2. The number of benzene rings is 1. The number of aryl methyl sites for hydroxylation is 1. The summed E-state index contributed by atoms with van der Waals surface area (Å²) in [5.74, 6) is 0.507. The van der Waals surface area contributed by atoms with Crippen LogP contribution in [0.3, 0.4) is 0 Å². The van der Waals surface area contributed by atoms with E-state index in [-0.39, 0.29) is 18.5 Å². The van der Waals surface area contributed by atoms with Crippen molar-refractivity contribution in [2.45, 2.75) is 20.1 Å². The zero-order chi connectivity index (χ0) is 23.8. The lowest BCUT2D eigenvalue weighted by Crippen LogP contribution is -2.45. The first-order valence-corrected chi connectivity index (χ1v) is 10.5. The summed E-state index contributed by atoms with van der Waals surface area (Å²) in [6, 6.07) is 11.6. The average molecular weight is 466 g/mol. The molecule has 0 bridgehead atoms. The molecule has 34 heavy (non-hydrogen) atoms. The highest BCUT2D eigenvalue weighted by Gasteiger charge is 2.34. The van der Waals surface area contributed by atoms with Crippen LogP contribution in [0, 0.1) is 0 Å². The predicted octanol–water partition coefficient (Wildman–Crippen LogP) is 4.64. The minimum absolute atomic E-state index is 0.252. The molecule has 11 heteroatoms. The first kappa shape index (κ1) is 21.6. The fourth-order valence-electron chi connectivity index (χ4n) is 3.86. The summed E-state index contributed by atoms with van der Waals surface area (Å²) in [6.07, 6.45) is 3.17. The molecule has 0 N–H and O–H groups in total. The first-order chi connectivity index (χ1) is 16.4. The summed E-state index contributed by atoms with van der Waals surface area (Å²) in [5, 5.41) is 5.27. The number of aromatic nitrogens is 4. The second-order valence-electron chi connectivity index (χ2n) is 7.55. The summed E-state index contributed by atoms with van der Waals surface area (Å²) in [6.45, 7) is -0.455. The molecule has 4 heterocycles. The van der Waals surface area contributed by atoms with Crippen molar-refractivity contribution in [3.05, 3.63) is 60.4 Å². The summed E-state index contributed by atoms with van der Waals surface area (Å²) in [4.78, 5) is 25.2. The molecule has 1 aliphatic rings. The second kappa shape index (κ2) is 8.58. The Labute approximate surface area is 193 Å². The number of urea groups is 1. The Bertz CT molecular complexity index is 1360. The molecule has 3 aromatic heterocycles. The van der Waals surface area contributed by atoms with E-state index in [1.54, 1.807) is 15.6 Å². The number of pyridine rings is 2. The summed E-state index contributed by atoms with van der Waals surface area (Å²) in [7, 11) is 1.83. The van der Waals surface area contributed by atoms with Gasteiger partial charge in [-0.2, -0.15) is 18.9 Å². The van der Waals surface area contributed by atoms with Crippen LogP contribution in [0.2, 0.25) is 0 Å². The van der Waals surface area contributed by atoms with E-state index >= 15 is 0 Å². The number of anilines is 3. The van der Waals surface area contributed by atoms with Crippen LogP contribution < -0.4 is 19.3 Å². The summed E-state index contributed by atoms with van der Waals surface area (Å²) < 4.78 is 36.7. The number of ether oxygens (including phenoxy) is 2. The van der Waals surface area contributed by atoms with Crippen molar-refractivity contribution >= 4 is 34.1 Å². The molecule has 2 amide bonds. The predicted molar refractivity (Wildman–Crippen MR) is 121 cm³/mol. The van der Waals surface area contributed by atoms with Gasteiger partial charge < -0.3 is 9.47 Å². The number of amides is 2. The second-order valence-corrected chi connectivity index (χ2v) is 7.55. The van der Waals surface area contributed by atoms with Crippen LogP contribution in [0.25, 0.3) is 10.9 Å². The van der Waals surface area contributed by atoms with Gasteiger partial charge >= 0.3 is 12.6 Å². The topological polar surface area (TPSA) is 85.6 Å². The third kappa shape index (κ3) is 3.96. The normalized spacial score (nSPS) is 13.5. The highest BCUT2D eigenvalue weighted by atomic mass is 19.3. The number of hydrogen-bond acceptors (Lipinski definition) is 6. The number of carbonyl (C=O) groups excluding carboxylic acids is 1. The van der Waals surface area contributed by atoms with E-state index in [9.17, 15) is 13.6 Å². The Morgan fingerprint density at radius 1 is 1.09 bits per heavy atom. The van der Waals surface area contributed by atoms with Gasteiger partial charge in [-0.15, -0.1) is 0 Å². The van der Waals surface area contributed by atoms with E-state index in [4.69, 9.17) is 4.74 Å². The van der Waals surface area contributed by atoms with Gasteiger partial charge in [-0.05, 0) is 37.3 Å². The smallest absolute Gasteiger partial charge is 0.388 e. The Morgan fingerprint density at radius 3 is 2.62 bits per heavy atom. The van der Waals surface area contributed by atoms with Crippen LogP contribution in [0.15, 0.2) is 54.9 Å². The molecule has 0 aliphatic carbocycles. The van der Waals surface area contributed by atoms with Crippen molar-refractivity contribution in [3.8, 4) is 11.8 Å². The van der Waals surface area contributed by atoms with Crippen molar-refractivity contribution in [1.82, 2.24) is 19.7 Å². The maximum atomic E-state index is 13.7. The third-order valence-corrected chi connectivity index (χ3v) is 5.29. The van der Waals surface area contributed by atoms with Crippen LogP contribution in [0.1, 0.15) is 12.5 Å². The Kier molecular flexibility index (Phi) is 5.44. The molecule has 0 saturated heterocycles. The van der Waals surface area contributed by atoms with Gasteiger partial charge in [-0.25, -0.2) is 14.7 Å². The first-order valence-electron chi connectivity index (χ1n) is 10.5. The van der Waals surface area contributed by atoms with Gasteiger partial charge in [-0.1, -0.05) is 0 Å². The molecule has 9 nitrogen and oxygen atoms in total. The molecular formula is C23H20F2N6O3.